The van der Waals surface area contributed by atoms with Gasteiger partial charge >= 0.3 is 0 Å². The molecule has 6 heteroatoms. The van der Waals surface area contributed by atoms with Gasteiger partial charge in [0.25, 0.3) is 0 Å². The molecule has 1 fully saturated rings. The van der Waals surface area contributed by atoms with Crippen molar-refractivity contribution in [3.05, 3.63) is 42.2 Å². The topological polar surface area (TPSA) is 64.5 Å². The second kappa shape index (κ2) is 7.50. The molecule has 0 saturated carbocycles. The largest absolute Gasteiger partial charge is 0.394 e. The Kier molecular flexibility index (Phi) is 4.93. The van der Waals surface area contributed by atoms with Crippen molar-refractivity contribution in [3.63, 3.8) is 0 Å². The van der Waals surface area contributed by atoms with Gasteiger partial charge in [-0.15, -0.1) is 0 Å². The molecule has 4 rings (SSSR count). The van der Waals surface area contributed by atoms with Gasteiger partial charge in [0.1, 0.15) is 18.0 Å². The lowest BCUT2D eigenvalue weighted by Gasteiger charge is -2.26. The van der Waals surface area contributed by atoms with Crippen LogP contribution in [0.2, 0.25) is 0 Å². The molecule has 2 atom stereocenters. The third kappa shape index (κ3) is 3.33. The van der Waals surface area contributed by atoms with Gasteiger partial charge in [0.2, 0.25) is 0 Å². The minimum absolute atomic E-state index is 0.180. The summed E-state index contributed by atoms with van der Waals surface area (Å²) in [4.78, 5) is 13.4. The zero-order chi connectivity index (χ0) is 17.9. The first-order chi connectivity index (χ1) is 12.8. The summed E-state index contributed by atoms with van der Waals surface area (Å²) in [6, 6.07) is 11.4. The first-order valence-corrected chi connectivity index (χ1v) is 9.54. The number of para-hydroxylation sites is 1. The number of fused-ring (bicyclic) bond motifs is 1. The van der Waals surface area contributed by atoms with Crippen molar-refractivity contribution in [3.8, 4) is 0 Å². The number of aliphatic hydroxyl groups is 1. The number of benzene rings is 1. The minimum atomic E-state index is 0.180. The molecule has 0 radical (unpaired) electrons. The van der Waals surface area contributed by atoms with E-state index in [2.05, 4.69) is 56.3 Å². The number of hydrogen-bond donors (Lipinski definition) is 2. The molecule has 1 aromatic carbocycles. The van der Waals surface area contributed by atoms with Crippen LogP contribution in [0.4, 0.5) is 17.3 Å². The van der Waals surface area contributed by atoms with E-state index < -0.39 is 0 Å². The number of aromatic nitrogens is 2. The smallest absolute Gasteiger partial charge is 0.134 e. The van der Waals surface area contributed by atoms with E-state index in [9.17, 15) is 5.11 Å². The molecule has 1 saturated heterocycles. The van der Waals surface area contributed by atoms with E-state index in [1.165, 1.54) is 11.3 Å². The molecule has 0 bridgehead atoms. The summed E-state index contributed by atoms with van der Waals surface area (Å²) in [5.74, 6) is 1.75. The number of anilines is 3. The maximum atomic E-state index is 9.53. The number of nitrogens with one attached hydrogen (secondary N) is 1. The van der Waals surface area contributed by atoms with Gasteiger partial charge in [-0.2, -0.15) is 0 Å². The van der Waals surface area contributed by atoms with Crippen molar-refractivity contribution in [1.29, 1.82) is 0 Å². The lowest BCUT2D eigenvalue weighted by atomic mass is 10.1. The predicted molar refractivity (Wildman–Crippen MR) is 105 cm³/mol. The standard InChI is InChI=1S/C20H27N5O/c1-15-11-16-5-2-3-7-18(16)24(15)10-8-21-19-12-20(23-14-22-19)25-9-4-6-17(25)13-26/h2-3,5,7,12,14-15,17,26H,4,6,8-11,13H2,1H3,(H,21,22,23). The van der Waals surface area contributed by atoms with Crippen LogP contribution in [-0.4, -0.2) is 53.4 Å². The molecule has 138 valence electrons. The van der Waals surface area contributed by atoms with E-state index in [1.54, 1.807) is 6.33 Å². The summed E-state index contributed by atoms with van der Waals surface area (Å²) < 4.78 is 0. The molecular weight excluding hydrogens is 326 g/mol. The predicted octanol–water partition coefficient (Wildman–Crippen LogP) is 2.30. The SMILES string of the molecule is CC1Cc2ccccc2N1CCNc1cc(N2CCCC2CO)ncn1. The Bertz CT molecular complexity index is 752. The second-order valence-corrected chi connectivity index (χ2v) is 7.24. The van der Waals surface area contributed by atoms with Crippen LogP contribution in [0.25, 0.3) is 0 Å². The first-order valence-electron chi connectivity index (χ1n) is 9.54. The van der Waals surface area contributed by atoms with Gasteiger partial charge in [-0.05, 0) is 37.8 Å². The average molecular weight is 353 g/mol. The number of nitrogens with zero attached hydrogens (tertiary/aromatic N) is 4. The van der Waals surface area contributed by atoms with E-state index in [-0.39, 0.29) is 12.6 Å². The normalized spacial score (nSPS) is 21.9. The highest BCUT2D eigenvalue weighted by atomic mass is 16.3. The number of rotatable bonds is 6. The van der Waals surface area contributed by atoms with Gasteiger partial charge < -0.3 is 20.2 Å². The summed E-state index contributed by atoms with van der Waals surface area (Å²) in [6.45, 7) is 5.19. The fourth-order valence-electron chi connectivity index (χ4n) is 4.20. The maximum Gasteiger partial charge on any atom is 0.134 e. The quantitative estimate of drug-likeness (QED) is 0.831. The molecule has 3 heterocycles. The molecule has 2 aromatic rings. The van der Waals surface area contributed by atoms with Crippen LogP contribution in [0, 0.1) is 0 Å². The molecule has 0 amide bonds. The van der Waals surface area contributed by atoms with Crippen LogP contribution < -0.4 is 15.1 Å². The van der Waals surface area contributed by atoms with E-state index in [4.69, 9.17) is 0 Å². The van der Waals surface area contributed by atoms with Crippen molar-refractivity contribution in [2.24, 2.45) is 0 Å². The Morgan fingerprint density at radius 1 is 1.27 bits per heavy atom. The summed E-state index contributed by atoms with van der Waals surface area (Å²) in [5.41, 5.74) is 2.79. The highest BCUT2D eigenvalue weighted by Crippen LogP contribution is 2.31. The van der Waals surface area contributed by atoms with Gasteiger partial charge in [-0.1, -0.05) is 18.2 Å². The summed E-state index contributed by atoms with van der Waals surface area (Å²) in [7, 11) is 0. The van der Waals surface area contributed by atoms with Crippen molar-refractivity contribution < 1.29 is 5.11 Å². The Morgan fingerprint density at radius 2 is 2.15 bits per heavy atom. The minimum Gasteiger partial charge on any atom is -0.394 e. The van der Waals surface area contributed by atoms with E-state index >= 15 is 0 Å². The molecular formula is C20H27N5O. The van der Waals surface area contributed by atoms with Crippen molar-refractivity contribution in [2.45, 2.75) is 38.3 Å². The zero-order valence-corrected chi connectivity index (χ0v) is 15.3. The summed E-state index contributed by atoms with van der Waals surface area (Å²) in [5, 5.41) is 13.0. The highest BCUT2D eigenvalue weighted by Gasteiger charge is 2.26. The lowest BCUT2D eigenvalue weighted by molar-refractivity contribution is 0.266. The van der Waals surface area contributed by atoms with Crippen LogP contribution in [0.5, 0.6) is 0 Å². The Labute approximate surface area is 154 Å². The molecule has 2 N–H and O–H groups in total. The molecule has 2 unspecified atom stereocenters. The monoisotopic (exact) mass is 353 g/mol. The average Bonchev–Trinajstić information content (AvgIpc) is 3.26. The molecule has 1 aromatic heterocycles. The third-order valence-corrected chi connectivity index (χ3v) is 5.54. The lowest BCUT2D eigenvalue weighted by Crippen LogP contribution is -2.34. The Hall–Kier alpha value is -2.34. The van der Waals surface area contributed by atoms with Crippen molar-refractivity contribution in [1.82, 2.24) is 9.97 Å². The number of hydrogen-bond acceptors (Lipinski definition) is 6. The number of aliphatic hydroxyl groups excluding tert-OH is 1. The van der Waals surface area contributed by atoms with Gasteiger partial charge in [-0.3, -0.25) is 0 Å². The molecule has 26 heavy (non-hydrogen) atoms. The molecule has 2 aliphatic rings. The molecule has 0 spiro atoms. The molecule has 6 nitrogen and oxygen atoms in total. The molecule has 0 aliphatic carbocycles. The van der Waals surface area contributed by atoms with E-state index in [0.717, 1.165) is 50.5 Å². The zero-order valence-electron chi connectivity index (χ0n) is 15.3. The first kappa shape index (κ1) is 17.1. The summed E-state index contributed by atoms with van der Waals surface area (Å²) >= 11 is 0. The van der Waals surface area contributed by atoms with Crippen LogP contribution in [0.1, 0.15) is 25.3 Å². The fourth-order valence-corrected chi connectivity index (χ4v) is 4.20. The van der Waals surface area contributed by atoms with E-state index in [1.807, 2.05) is 6.07 Å². The van der Waals surface area contributed by atoms with Crippen LogP contribution in [0.15, 0.2) is 36.7 Å². The second-order valence-electron chi connectivity index (χ2n) is 7.24. The molecule has 2 aliphatic heterocycles. The van der Waals surface area contributed by atoms with Gasteiger partial charge in [-0.25, -0.2) is 9.97 Å². The van der Waals surface area contributed by atoms with Gasteiger partial charge in [0.15, 0.2) is 0 Å². The van der Waals surface area contributed by atoms with E-state index in [0.29, 0.717) is 6.04 Å². The fraction of sp³-hybridized carbons (Fsp3) is 0.500. The Morgan fingerprint density at radius 3 is 3.04 bits per heavy atom. The Balaban J connectivity index is 1.38. The van der Waals surface area contributed by atoms with Crippen molar-refractivity contribution >= 4 is 17.3 Å². The third-order valence-electron chi connectivity index (χ3n) is 5.54. The maximum absolute atomic E-state index is 9.53. The van der Waals surface area contributed by atoms with Crippen LogP contribution in [0.3, 0.4) is 0 Å². The summed E-state index contributed by atoms with van der Waals surface area (Å²) in [6.07, 6.45) is 4.85. The van der Waals surface area contributed by atoms with Crippen LogP contribution in [-0.2, 0) is 6.42 Å². The highest BCUT2D eigenvalue weighted by molar-refractivity contribution is 5.59. The van der Waals surface area contributed by atoms with Gasteiger partial charge in [0.05, 0.1) is 12.6 Å². The van der Waals surface area contributed by atoms with Crippen molar-refractivity contribution in [2.75, 3.05) is 41.4 Å². The van der Waals surface area contributed by atoms with Crippen LogP contribution >= 0.6 is 0 Å². The van der Waals surface area contributed by atoms with Gasteiger partial charge in [0, 0.05) is 37.4 Å².